The molecule has 0 fully saturated rings. The van der Waals surface area contributed by atoms with Gasteiger partial charge in [-0.15, -0.1) is 0 Å². The molecule has 0 saturated carbocycles. The van der Waals surface area contributed by atoms with Gasteiger partial charge in [-0.25, -0.2) is 4.39 Å². The highest BCUT2D eigenvalue weighted by Gasteiger charge is 2.05. The normalized spacial score (nSPS) is 12.2. The van der Waals surface area contributed by atoms with Crippen molar-refractivity contribution in [2.24, 2.45) is 0 Å². The molecule has 3 nitrogen and oxygen atoms in total. The third-order valence-corrected chi connectivity index (χ3v) is 1.65. The van der Waals surface area contributed by atoms with Crippen molar-refractivity contribution in [3.63, 3.8) is 0 Å². The molecule has 0 aromatic heterocycles. The fourth-order valence-corrected chi connectivity index (χ4v) is 0.963. The van der Waals surface area contributed by atoms with Crippen molar-refractivity contribution in [3.05, 3.63) is 35.6 Å². The van der Waals surface area contributed by atoms with Crippen LogP contribution in [0.3, 0.4) is 0 Å². The molecule has 1 aromatic rings. The summed E-state index contributed by atoms with van der Waals surface area (Å²) in [5, 5.41) is 11.7. The third kappa shape index (κ3) is 2.83. The molecule has 4 heteroatoms. The minimum atomic E-state index is -0.786. The molecular formula is C9H10FNO2. The quantitative estimate of drug-likeness (QED) is 0.672. The average molecular weight is 183 g/mol. The number of hydrogen-bond donors (Lipinski definition) is 2. The number of aliphatic hydroxyl groups is 1. The second kappa shape index (κ2) is 4.57. The van der Waals surface area contributed by atoms with Crippen LogP contribution in [0.1, 0.15) is 11.7 Å². The Hall–Kier alpha value is -1.42. The lowest BCUT2D eigenvalue weighted by Gasteiger charge is -2.09. The van der Waals surface area contributed by atoms with Gasteiger partial charge in [-0.3, -0.25) is 4.79 Å². The van der Waals surface area contributed by atoms with E-state index in [4.69, 9.17) is 0 Å². The van der Waals surface area contributed by atoms with Gasteiger partial charge < -0.3 is 10.4 Å². The van der Waals surface area contributed by atoms with Gasteiger partial charge in [0.15, 0.2) is 0 Å². The first-order chi connectivity index (χ1) is 6.24. The lowest BCUT2D eigenvalue weighted by Crippen LogP contribution is -2.19. The van der Waals surface area contributed by atoms with Crippen LogP contribution in [0.25, 0.3) is 0 Å². The lowest BCUT2D eigenvalue weighted by atomic mass is 10.1. The van der Waals surface area contributed by atoms with Crippen molar-refractivity contribution in [1.82, 2.24) is 5.32 Å². The molecule has 0 saturated heterocycles. The first kappa shape index (κ1) is 9.67. The lowest BCUT2D eigenvalue weighted by molar-refractivity contribution is -0.109. The fraction of sp³-hybridized carbons (Fsp3) is 0.222. The van der Waals surface area contributed by atoms with E-state index in [1.165, 1.54) is 24.3 Å². The number of halogens is 1. The molecule has 1 unspecified atom stereocenters. The molecule has 0 aliphatic carbocycles. The summed E-state index contributed by atoms with van der Waals surface area (Å²) in [7, 11) is 0. The molecule has 0 aliphatic heterocycles. The topological polar surface area (TPSA) is 49.3 Å². The Kier molecular flexibility index (Phi) is 3.40. The van der Waals surface area contributed by atoms with Crippen molar-refractivity contribution in [2.75, 3.05) is 6.54 Å². The average Bonchev–Trinajstić information content (AvgIpc) is 2.15. The second-order valence-electron chi connectivity index (χ2n) is 2.59. The van der Waals surface area contributed by atoms with Crippen LogP contribution < -0.4 is 5.32 Å². The predicted octanol–water partition coefficient (Wildman–Crippen LogP) is 0.605. The minimum absolute atomic E-state index is 0.134. The zero-order valence-corrected chi connectivity index (χ0v) is 6.90. The fourth-order valence-electron chi connectivity index (χ4n) is 0.963. The van der Waals surface area contributed by atoms with Crippen molar-refractivity contribution < 1.29 is 14.3 Å². The van der Waals surface area contributed by atoms with Crippen LogP contribution in [0, 0.1) is 5.82 Å². The zero-order chi connectivity index (χ0) is 9.68. The van der Waals surface area contributed by atoms with Gasteiger partial charge in [0.05, 0.1) is 6.10 Å². The van der Waals surface area contributed by atoms with Crippen LogP contribution in [-0.4, -0.2) is 18.1 Å². The summed E-state index contributed by atoms with van der Waals surface area (Å²) < 4.78 is 12.4. The molecule has 1 rings (SSSR count). The Morgan fingerprint density at radius 1 is 1.46 bits per heavy atom. The summed E-state index contributed by atoms with van der Waals surface area (Å²) in [6.45, 7) is 0.134. The van der Waals surface area contributed by atoms with E-state index in [0.717, 1.165) is 0 Å². The molecular weight excluding hydrogens is 173 g/mol. The minimum Gasteiger partial charge on any atom is -0.387 e. The summed E-state index contributed by atoms with van der Waals surface area (Å²) in [5.74, 6) is -0.348. The smallest absolute Gasteiger partial charge is 0.207 e. The number of nitrogens with one attached hydrogen (secondary N) is 1. The highest BCUT2D eigenvalue weighted by atomic mass is 19.1. The van der Waals surface area contributed by atoms with Crippen LogP contribution in [0.2, 0.25) is 0 Å². The molecule has 0 heterocycles. The van der Waals surface area contributed by atoms with Crippen LogP contribution in [-0.2, 0) is 4.79 Å². The summed E-state index contributed by atoms with van der Waals surface area (Å²) in [5.41, 5.74) is 0.579. The summed E-state index contributed by atoms with van der Waals surface area (Å²) in [6.07, 6.45) is -0.280. The molecule has 1 amide bonds. The van der Waals surface area contributed by atoms with Crippen LogP contribution in [0.5, 0.6) is 0 Å². The van der Waals surface area contributed by atoms with E-state index in [2.05, 4.69) is 5.32 Å². The van der Waals surface area contributed by atoms with Gasteiger partial charge in [0.25, 0.3) is 0 Å². The maximum Gasteiger partial charge on any atom is 0.207 e. The molecule has 2 N–H and O–H groups in total. The summed E-state index contributed by atoms with van der Waals surface area (Å²) in [6, 6.07) is 5.48. The van der Waals surface area contributed by atoms with Crippen molar-refractivity contribution >= 4 is 6.41 Å². The van der Waals surface area contributed by atoms with Gasteiger partial charge in [-0.2, -0.15) is 0 Å². The zero-order valence-electron chi connectivity index (χ0n) is 6.90. The van der Waals surface area contributed by atoms with Crippen molar-refractivity contribution in [2.45, 2.75) is 6.10 Å². The van der Waals surface area contributed by atoms with Crippen LogP contribution in [0.15, 0.2) is 24.3 Å². The summed E-state index contributed by atoms with van der Waals surface area (Å²) in [4.78, 5) is 9.91. The van der Waals surface area contributed by atoms with E-state index < -0.39 is 6.10 Å². The molecule has 0 spiro atoms. The largest absolute Gasteiger partial charge is 0.387 e. The molecule has 1 atom stereocenters. The van der Waals surface area contributed by atoms with Gasteiger partial charge in [0.2, 0.25) is 6.41 Å². The first-order valence-electron chi connectivity index (χ1n) is 3.84. The van der Waals surface area contributed by atoms with E-state index in [-0.39, 0.29) is 12.4 Å². The molecule has 1 aromatic carbocycles. The van der Waals surface area contributed by atoms with E-state index in [9.17, 15) is 14.3 Å². The van der Waals surface area contributed by atoms with Gasteiger partial charge >= 0.3 is 0 Å². The van der Waals surface area contributed by atoms with Gasteiger partial charge in [-0.1, -0.05) is 12.1 Å². The number of carbonyl (C=O) groups excluding carboxylic acids is 1. The molecule has 0 radical (unpaired) electrons. The molecule has 13 heavy (non-hydrogen) atoms. The third-order valence-electron chi connectivity index (χ3n) is 1.65. The van der Waals surface area contributed by atoms with Gasteiger partial charge in [-0.05, 0) is 17.7 Å². The number of hydrogen-bond acceptors (Lipinski definition) is 2. The maximum atomic E-state index is 12.4. The van der Waals surface area contributed by atoms with Crippen LogP contribution >= 0.6 is 0 Å². The Morgan fingerprint density at radius 2 is 2.08 bits per heavy atom. The van der Waals surface area contributed by atoms with E-state index in [1.807, 2.05) is 0 Å². The number of benzene rings is 1. The number of rotatable bonds is 4. The Labute approximate surface area is 75.2 Å². The number of amides is 1. The van der Waals surface area contributed by atoms with Crippen molar-refractivity contribution in [1.29, 1.82) is 0 Å². The summed E-state index contributed by atoms with van der Waals surface area (Å²) >= 11 is 0. The standard InChI is InChI=1S/C9H10FNO2/c10-8-3-1-7(2-4-8)9(13)5-11-6-12/h1-4,6,9,13H,5H2,(H,11,12). The van der Waals surface area contributed by atoms with E-state index in [0.29, 0.717) is 12.0 Å². The van der Waals surface area contributed by atoms with E-state index in [1.54, 1.807) is 0 Å². The highest BCUT2D eigenvalue weighted by molar-refractivity contribution is 5.46. The monoisotopic (exact) mass is 183 g/mol. The first-order valence-corrected chi connectivity index (χ1v) is 3.84. The van der Waals surface area contributed by atoms with E-state index >= 15 is 0 Å². The number of carbonyl (C=O) groups is 1. The maximum absolute atomic E-state index is 12.4. The Balaban J connectivity index is 2.60. The van der Waals surface area contributed by atoms with Gasteiger partial charge in [0, 0.05) is 6.54 Å². The predicted molar refractivity (Wildman–Crippen MR) is 45.4 cm³/mol. The van der Waals surface area contributed by atoms with Crippen LogP contribution in [0.4, 0.5) is 4.39 Å². The van der Waals surface area contributed by atoms with Gasteiger partial charge in [0.1, 0.15) is 5.82 Å². The molecule has 70 valence electrons. The number of aliphatic hydroxyl groups excluding tert-OH is 1. The highest BCUT2D eigenvalue weighted by Crippen LogP contribution is 2.11. The molecule has 0 aliphatic rings. The Morgan fingerprint density at radius 3 is 2.62 bits per heavy atom. The molecule has 0 bridgehead atoms. The Bertz CT molecular complexity index is 273. The van der Waals surface area contributed by atoms with Crippen molar-refractivity contribution in [3.8, 4) is 0 Å². The SMILES string of the molecule is O=CNCC(O)c1ccc(F)cc1. The second-order valence-corrected chi connectivity index (χ2v) is 2.59.